The number of halogens is 1. The molecule has 0 unspecified atom stereocenters. The average Bonchev–Trinajstić information content (AvgIpc) is 3.09. The van der Waals surface area contributed by atoms with E-state index in [0.717, 1.165) is 11.3 Å². The van der Waals surface area contributed by atoms with Crippen LogP contribution in [0.25, 0.3) is 5.82 Å². The van der Waals surface area contributed by atoms with Crippen LogP contribution < -0.4 is 4.72 Å². The SMILES string of the molecule is O=S(=O)(Nc1cc(-n2cccn2)ncn1)c1ccc(Cl)s1. The third-order valence-electron chi connectivity index (χ3n) is 2.44. The van der Waals surface area contributed by atoms with Gasteiger partial charge in [0.2, 0.25) is 0 Å². The van der Waals surface area contributed by atoms with E-state index in [4.69, 9.17) is 11.6 Å². The van der Waals surface area contributed by atoms with Gasteiger partial charge in [0.1, 0.15) is 16.4 Å². The number of anilines is 1. The van der Waals surface area contributed by atoms with Gasteiger partial charge in [-0.3, -0.25) is 4.72 Å². The summed E-state index contributed by atoms with van der Waals surface area (Å²) in [7, 11) is -3.71. The topological polar surface area (TPSA) is 89.8 Å². The molecule has 0 aliphatic carbocycles. The molecule has 0 fully saturated rings. The number of thiophene rings is 1. The second-order valence-corrected chi connectivity index (χ2v) is 7.50. The zero-order valence-corrected chi connectivity index (χ0v) is 12.7. The highest BCUT2D eigenvalue weighted by Gasteiger charge is 2.17. The van der Waals surface area contributed by atoms with Gasteiger partial charge in [-0.2, -0.15) is 5.10 Å². The predicted molar refractivity (Wildman–Crippen MR) is 79.3 cm³/mol. The summed E-state index contributed by atoms with van der Waals surface area (Å²) in [5, 5.41) is 4.02. The molecule has 0 aliphatic rings. The van der Waals surface area contributed by atoms with E-state index in [0.29, 0.717) is 10.2 Å². The Kier molecular flexibility index (Phi) is 3.62. The van der Waals surface area contributed by atoms with E-state index < -0.39 is 10.0 Å². The lowest BCUT2D eigenvalue weighted by atomic mass is 10.5. The van der Waals surface area contributed by atoms with E-state index in [2.05, 4.69) is 19.8 Å². The van der Waals surface area contributed by atoms with Gasteiger partial charge in [0.25, 0.3) is 10.0 Å². The van der Waals surface area contributed by atoms with Gasteiger partial charge in [0, 0.05) is 18.5 Å². The Hall–Kier alpha value is -1.97. The molecule has 0 atom stereocenters. The molecule has 0 amide bonds. The van der Waals surface area contributed by atoms with Gasteiger partial charge in [-0.05, 0) is 18.2 Å². The Balaban J connectivity index is 1.90. The van der Waals surface area contributed by atoms with Crippen molar-refractivity contribution in [3.63, 3.8) is 0 Å². The molecular formula is C11H8ClN5O2S2. The number of sulfonamides is 1. The Labute approximate surface area is 129 Å². The lowest BCUT2D eigenvalue weighted by molar-refractivity contribution is 0.603. The van der Waals surface area contributed by atoms with Crippen LogP contribution in [-0.4, -0.2) is 28.2 Å². The van der Waals surface area contributed by atoms with Crippen LogP contribution in [-0.2, 0) is 10.0 Å². The van der Waals surface area contributed by atoms with Crippen LogP contribution >= 0.6 is 22.9 Å². The summed E-state index contributed by atoms with van der Waals surface area (Å²) in [6, 6.07) is 6.18. The van der Waals surface area contributed by atoms with Gasteiger partial charge in [-0.15, -0.1) is 11.3 Å². The van der Waals surface area contributed by atoms with E-state index in [1.807, 2.05) is 0 Å². The van der Waals surface area contributed by atoms with Crippen LogP contribution in [0.2, 0.25) is 4.34 Å². The van der Waals surface area contributed by atoms with Crippen molar-refractivity contribution in [2.75, 3.05) is 4.72 Å². The monoisotopic (exact) mass is 341 g/mol. The summed E-state index contributed by atoms with van der Waals surface area (Å²) in [6.07, 6.45) is 4.55. The van der Waals surface area contributed by atoms with Crippen LogP contribution in [0.5, 0.6) is 0 Å². The highest BCUT2D eigenvalue weighted by atomic mass is 35.5. The zero-order valence-electron chi connectivity index (χ0n) is 10.3. The Morgan fingerprint density at radius 3 is 2.81 bits per heavy atom. The fraction of sp³-hybridized carbons (Fsp3) is 0. The summed E-state index contributed by atoms with van der Waals surface area (Å²) in [6.45, 7) is 0. The maximum absolute atomic E-state index is 12.2. The predicted octanol–water partition coefficient (Wildman–Crippen LogP) is 2.18. The zero-order chi connectivity index (χ0) is 14.9. The molecule has 3 aromatic heterocycles. The third kappa shape index (κ3) is 3.04. The van der Waals surface area contributed by atoms with Gasteiger partial charge >= 0.3 is 0 Å². The lowest BCUT2D eigenvalue weighted by Gasteiger charge is -2.06. The van der Waals surface area contributed by atoms with Gasteiger partial charge in [0.15, 0.2) is 5.82 Å². The van der Waals surface area contributed by atoms with Crippen LogP contribution in [0.3, 0.4) is 0 Å². The van der Waals surface area contributed by atoms with Crippen LogP contribution in [0.15, 0.2) is 47.2 Å². The fourth-order valence-electron chi connectivity index (χ4n) is 1.56. The largest absolute Gasteiger partial charge is 0.272 e. The highest BCUT2D eigenvalue weighted by molar-refractivity contribution is 7.94. The number of hydrogen-bond donors (Lipinski definition) is 1. The van der Waals surface area contributed by atoms with Crippen LogP contribution in [0.1, 0.15) is 0 Å². The number of aromatic nitrogens is 4. The maximum atomic E-state index is 12.2. The second-order valence-electron chi connectivity index (χ2n) is 3.88. The van der Waals surface area contributed by atoms with Crippen molar-refractivity contribution in [2.24, 2.45) is 0 Å². The fourth-order valence-corrected chi connectivity index (χ4v) is 4.04. The van der Waals surface area contributed by atoms with Crippen molar-refractivity contribution in [1.82, 2.24) is 19.7 Å². The summed E-state index contributed by atoms with van der Waals surface area (Å²) in [5.74, 6) is 0.608. The first-order valence-electron chi connectivity index (χ1n) is 5.65. The molecule has 0 radical (unpaired) electrons. The van der Waals surface area contributed by atoms with Crippen molar-refractivity contribution in [2.45, 2.75) is 4.21 Å². The van der Waals surface area contributed by atoms with Crippen molar-refractivity contribution in [3.8, 4) is 5.82 Å². The van der Waals surface area contributed by atoms with E-state index in [1.165, 1.54) is 29.2 Å². The summed E-state index contributed by atoms with van der Waals surface area (Å²) in [4.78, 5) is 7.92. The molecule has 108 valence electrons. The standard InChI is InChI=1S/C11H8ClN5O2S2/c12-8-2-3-11(20-8)21(18,19)16-9-6-10(14-7-13-9)17-5-1-4-15-17/h1-7H,(H,13,14,16). The van der Waals surface area contributed by atoms with Crippen molar-refractivity contribution >= 4 is 38.8 Å². The average molecular weight is 342 g/mol. The minimum Gasteiger partial charge on any atom is -0.263 e. The number of rotatable bonds is 4. The molecule has 0 saturated carbocycles. The molecule has 0 bridgehead atoms. The first kappa shape index (κ1) is 14.0. The molecule has 1 N–H and O–H groups in total. The molecule has 0 aromatic carbocycles. The normalized spacial score (nSPS) is 11.5. The quantitative estimate of drug-likeness (QED) is 0.785. The number of nitrogens with one attached hydrogen (secondary N) is 1. The smallest absolute Gasteiger partial charge is 0.263 e. The van der Waals surface area contributed by atoms with Crippen LogP contribution in [0, 0.1) is 0 Å². The van der Waals surface area contributed by atoms with Gasteiger partial charge in [0.05, 0.1) is 4.34 Å². The molecule has 3 aromatic rings. The van der Waals surface area contributed by atoms with Crippen molar-refractivity contribution < 1.29 is 8.42 Å². The molecule has 0 aliphatic heterocycles. The highest BCUT2D eigenvalue weighted by Crippen LogP contribution is 2.26. The molecule has 3 rings (SSSR count). The Bertz CT molecular complexity index is 860. The molecule has 3 heterocycles. The van der Waals surface area contributed by atoms with E-state index in [-0.39, 0.29) is 10.0 Å². The minimum atomic E-state index is -3.71. The lowest BCUT2D eigenvalue weighted by Crippen LogP contribution is -2.13. The summed E-state index contributed by atoms with van der Waals surface area (Å²) >= 11 is 6.72. The Morgan fingerprint density at radius 2 is 2.14 bits per heavy atom. The van der Waals surface area contributed by atoms with Gasteiger partial charge < -0.3 is 0 Å². The van der Waals surface area contributed by atoms with E-state index >= 15 is 0 Å². The minimum absolute atomic E-state index is 0.117. The number of hydrogen-bond acceptors (Lipinski definition) is 6. The summed E-state index contributed by atoms with van der Waals surface area (Å²) in [5.41, 5.74) is 0. The number of nitrogens with zero attached hydrogens (tertiary/aromatic N) is 4. The first-order chi connectivity index (χ1) is 10.0. The maximum Gasteiger partial charge on any atom is 0.272 e. The van der Waals surface area contributed by atoms with Crippen molar-refractivity contribution in [1.29, 1.82) is 0 Å². The molecule has 0 spiro atoms. The van der Waals surface area contributed by atoms with Crippen molar-refractivity contribution in [3.05, 3.63) is 47.3 Å². The molecule has 7 nitrogen and oxygen atoms in total. The molecule has 10 heteroatoms. The van der Waals surface area contributed by atoms with Gasteiger partial charge in [-0.1, -0.05) is 11.6 Å². The molecule has 0 saturated heterocycles. The Morgan fingerprint density at radius 1 is 1.29 bits per heavy atom. The van der Waals surface area contributed by atoms with E-state index in [9.17, 15) is 8.42 Å². The second kappa shape index (κ2) is 5.43. The van der Waals surface area contributed by atoms with E-state index in [1.54, 1.807) is 18.5 Å². The van der Waals surface area contributed by atoms with Gasteiger partial charge in [-0.25, -0.2) is 23.1 Å². The molecular weight excluding hydrogens is 334 g/mol. The van der Waals surface area contributed by atoms with Crippen LogP contribution in [0.4, 0.5) is 5.82 Å². The third-order valence-corrected chi connectivity index (χ3v) is 5.52. The first-order valence-corrected chi connectivity index (χ1v) is 8.32. The molecule has 21 heavy (non-hydrogen) atoms. The summed E-state index contributed by atoms with van der Waals surface area (Å²) < 4.78 is 28.7.